The third-order valence-corrected chi connectivity index (χ3v) is 7.40. The number of nitrogens with zero attached hydrogens (tertiary/aromatic N) is 3. The quantitative estimate of drug-likeness (QED) is 0.678. The Labute approximate surface area is 184 Å². The van der Waals surface area contributed by atoms with Gasteiger partial charge in [0.05, 0.1) is 36.1 Å². The molecule has 6 rings (SSSR count). The van der Waals surface area contributed by atoms with Crippen molar-refractivity contribution in [3.05, 3.63) is 47.5 Å². The number of benzene rings is 2. The highest BCUT2D eigenvalue weighted by Crippen LogP contribution is 2.32. The molecular weight excluding hydrogens is 412 g/mol. The fraction of sp³-hybridized carbons (Fsp3) is 0.391. The third kappa shape index (κ3) is 3.64. The van der Waals surface area contributed by atoms with Gasteiger partial charge in [-0.3, -0.25) is 9.69 Å². The second-order valence-electron chi connectivity index (χ2n) is 8.27. The van der Waals surface area contributed by atoms with E-state index in [2.05, 4.69) is 15.1 Å². The number of fused-ring (bicyclic) bond motifs is 2. The first-order valence-electron chi connectivity index (χ1n) is 10.8. The molecule has 3 aliphatic rings. The number of ether oxygens (including phenoxy) is 2. The largest absolute Gasteiger partial charge is 0.493 e. The Hall–Kier alpha value is -2.68. The predicted molar refractivity (Wildman–Crippen MR) is 122 cm³/mol. The van der Waals surface area contributed by atoms with E-state index < -0.39 is 0 Å². The van der Waals surface area contributed by atoms with Gasteiger partial charge in [0.25, 0.3) is 5.91 Å². The molecule has 3 aromatic rings. The lowest BCUT2D eigenvalue weighted by atomic mass is 10.1. The van der Waals surface area contributed by atoms with E-state index in [1.807, 2.05) is 36.4 Å². The number of carbonyl (C=O) groups is 1. The number of thiazole rings is 1. The van der Waals surface area contributed by atoms with Crippen LogP contribution in [0.15, 0.2) is 36.4 Å². The van der Waals surface area contributed by atoms with Gasteiger partial charge in [0.1, 0.15) is 5.75 Å². The van der Waals surface area contributed by atoms with E-state index in [0.29, 0.717) is 18.2 Å². The molecule has 0 bridgehead atoms. The van der Waals surface area contributed by atoms with Gasteiger partial charge in [-0.2, -0.15) is 0 Å². The Morgan fingerprint density at radius 2 is 1.97 bits per heavy atom. The molecule has 0 atom stereocenters. The number of aromatic nitrogens is 1. The van der Waals surface area contributed by atoms with E-state index >= 15 is 0 Å². The van der Waals surface area contributed by atoms with Gasteiger partial charge in [-0.1, -0.05) is 11.3 Å². The Morgan fingerprint density at radius 3 is 2.77 bits per heavy atom. The second kappa shape index (κ2) is 7.78. The molecule has 0 saturated carbocycles. The van der Waals surface area contributed by atoms with Crippen LogP contribution in [-0.4, -0.2) is 67.8 Å². The molecule has 0 spiro atoms. The van der Waals surface area contributed by atoms with Crippen LogP contribution >= 0.6 is 11.3 Å². The average Bonchev–Trinajstić information content (AvgIpc) is 3.39. The molecule has 1 amide bonds. The van der Waals surface area contributed by atoms with Crippen molar-refractivity contribution in [1.29, 1.82) is 0 Å². The number of piperazine rings is 1. The van der Waals surface area contributed by atoms with E-state index in [0.717, 1.165) is 78.2 Å². The molecule has 160 valence electrons. The summed E-state index contributed by atoms with van der Waals surface area (Å²) >= 11 is 1.72. The lowest BCUT2D eigenvalue weighted by Gasteiger charge is -2.42. The van der Waals surface area contributed by atoms with Gasteiger partial charge in [0, 0.05) is 43.9 Å². The van der Waals surface area contributed by atoms with Crippen LogP contribution in [-0.2, 0) is 11.2 Å². The summed E-state index contributed by atoms with van der Waals surface area (Å²) in [4.78, 5) is 22.5. The minimum absolute atomic E-state index is 0.111. The zero-order chi connectivity index (χ0) is 20.8. The van der Waals surface area contributed by atoms with Crippen molar-refractivity contribution in [2.75, 3.05) is 56.2 Å². The van der Waals surface area contributed by atoms with Gasteiger partial charge in [-0.05, 0) is 42.0 Å². The maximum atomic E-state index is 12.7. The standard InChI is InChI=1S/C23H24N4O3S/c28-22(16-1-3-20-15(11-16)5-10-30-20)24-17-2-4-21-19(12-17)25-23(31-21)27-8-6-26(7-9-27)18-13-29-14-18/h1-4,11-12,18H,5-10,13-14H2,(H,24,28). The molecule has 3 aliphatic heterocycles. The van der Waals surface area contributed by atoms with E-state index in [1.54, 1.807) is 11.3 Å². The summed E-state index contributed by atoms with van der Waals surface area (Å²) in [7, 11) is 0. The molecule has 1 N–H and O–H groups in total. The molecule has 1 aromatic heterocycles. The molecule has 4 heterocycles. The summed E-state index contributed by atoms with van der Waals surface area (Å²) in [5.74, 6) is 0.774. The molecule has 0 aliphatic carbocycles. The van der Waals surface area contributed by atoms with Crippen LogP contribution in [0.5, 0.6) is 5.75 Å². The highest BCUT2D eigenvalue weighted by Gasteiger charge is 2.29. The molecule has 8 heteroatoms. The highest BCUT2D eigenvalue weighted by atomic mass is 32.1. The number of carbonyl (C=O) groups excluding carboxylic acids is 1. The van der Waals surface area contributed by atoms with Crippen LogP contribution < -0.4 is 15.0 Å². The number of hydrogen-bond acceptors (Lipinski definition) is 7. The number of hydrogen-bond donors (Lipinski definition) is 1. The van der Waals surface area contributed by atoms with Gasteiger partial charge < -0.3 is 19.7 Å². The smallest absolute Gasteiger partial charge is 0.255 e. The molecule has 31 heavy (non-hydrogen) atoms. The van der Waals surface area contributed by atoms with Gasteiger partial charge in [0.15, 0.2) is 5.13 Å². The maximum Gasteiger partial charge on any atom is 0.255 e. The Balaban J connectivity index is 1.15. The van der Waals surface area contributed by atoms with E-state index in [1.165, 1.54) is 0 Å². The first kappa shape index (κ1) is 19.0. The average molecular weight is 437 g/mol. The summed E-state index contributed by atoms with van der Waals surface area (Å²) in [5, 5.41) is 4.07. The summed E-state index contributed by atoms with van der Waals surface area (Å²) in [6.07, 6.45) is 0.854. The molecule has 0 radical (unpaired) electrons. The van der Waals surface area contributed by atoms with Crippen LogP contribution in [0.3, 0.4) is 0 Å². The van der Waals surface area contributed by atoms with Crippen molar-refractivity contribution in [2.45, 2.75) is 12.5 Å². The van der Waals surface area contributed by atoms with Gasteiger partial charge >= 0.3 is 0 Å². The zero-order valence-corrected chi connectivity index (χ0v) is 18.0. The van der Waals surface area contributed by atoms with E-state index in [9.17, 15) is 4.79 Å². The minimum atomic E-state index is -0.111. The van der Waals surface area contributed by atoms with Crippen LogP contribution in [0, 0.1) is 0 Å². The zero-order valence-electron chi connectivity index (χ0n) is 17.2. The van der Waals surface area contributed by atoms with E-state index in [-0.39, 0.29) is 5.91 Å². The van der Waals surface area contributed by atoms with Crippen molar-refractivity contribution in [3.8, 4) is 5.75 Å². The summed E-state index contributed by atoms with van der Waals surface area (Å²) < 4.78 is 12.0. The molecule has 2 aromatic carbocycles. The summed E-state index contributed by atoms with van der Waals surface area (Å²) in [5.41, 5.74) is 3.44. The van der Waals surface area contributed by atoms with Crippen LogP contribution in [0.4, 0.5) is 10.8 Å². The van der Waals surface area contributed by atoms with Crippen molar-refractivity contribution >= 4 is 38.3 Å². The van der Waals surface area contributed by atoms with E-state index in [4.69, 9.17) is 14.5 Å². The monoisotopic (exact) mass is 436 g/mol. The minimum Gasteiger partial charge on any atom is -0.493 e. The molecule has 0 unspecified atom stereocenters. The first-order chi connectivity index (χ1) is 15.2. The van der Waals surface area contributed by atoms with Crippen LogP contribution in [0.25, 0.3) is 10.2 Å². The predicted octanol–water partition coefficient (Wildman–Crippen LogP) is 3.00. The fourth-order valence-corrected chi connectivity index (χ4v) is 5.37. The molecule has 2 saturated heterocycles. The first-order valence-corrected chi connectivity index (χ1v) is 11.6. The number of anilines is 2. The Morgan fingerprint density at radius 1 is 1.10 bits per heavy atom. The second-order valence-corrected chi connectivity index (χ2v) is 9.28. The topological polar surface area (TPSA) is 66.9 Å². The normalized spacial score (nSPS) is 19.2. The summed E-state index contributed by atoms with van der Waals surface area (Å²) in [6.45, 7) is 6.51. The van der Waals surface area contributed by atoms with Crippen LogP contribution in [0.2, 0.25) is 0 Å². The molecule has 7 nitrogen and oxygen atoms in total. The molecule has 2 fully saturated rings. The van der Waals surface area contributed by atoms with Crippen molar-refractivity contribution in [1.82, 2.24) is 9.88 Å². The Kier molecular flexibility index (Phi) is 4.78. The number of nitrogens with one attached hydrogen (secondary N) is 1. The highest BCUT2D eigenvalue weighted by molar-refractivity contribution is 7.22. The third-order valence-electron chi connectivity index (χ3n) is 6.31. The number of amides is 1. The van der Waals surface area contributed by atoms with Crippen molar-refractivity contribution < 1.29 is 14.3 Å². The van der Waals surface area contributed by atoms with Gasteiger partial charge in [-0.25, -0.2) is 4.98 Å². The number of rotatable bonds is 4. The fourth-order valence-electron chi connectivity index (χ4n) is 4.37. The summed E-state index contributed by atoms with van der Waals surface area (Å²) in [6, 6.07) is 12.2. The SMILES string of the molecule is O=C(Nc1ccc2sc(N3CCN(C4COC4)CC3)nc2c1)c1ccc2c(c1)CCO2. The van der Waals surface area contributed by atoms with Crippen LogP contribution in [0.1, 0.15) is 15.9 Å². The van der Waals surface area contributed by atoms with Crippen molar-refractivity contribution in [3.63, 3.8) is 0 Å². The maximum absolute atomic E-state index is 12.7. The lowest BCUT2D eigenvalue weighted by Crippen LogP contribution is -2.56. The Bertz CT molecular complexity index is 1140. The van der Waals surface area contributed by atoms with Gasteiger partial charge in [-0.15, -0.1) is 0 Å². The van der Waals surface area contributed by atoms with Gasteiger partial charge in [0.2, 0.25) is 0 Å². The van der Waals surface area contributed by atoms with Crippen molar-refractivity contribution in [2.24, 2.45) is 0 Å². The lowest BCUT2D eigenvalue weighted by molar-refractivity contribution is -0.0660. The molecular formula is C23H24N4O3S.